The van der Waals surface area contributed by atoms with E-state index in [0.29, 0.717) is 11.8 Å². The van der Waals surface area contributed by atoms with Gasteiger partial charge >= 0.3 is 0 Å². The summed E-state index contributed by atoms with van der Waals surface area (Å²) in [7, 11) is 0. The van der Waals surface area contributed by atoms with Gasteiger partial charge in [0.05, 0.1) is 0 Å². The Morgan fingerprint density at radius 2 is 2.00 bits per heavy atom. The molecule has 2 aliphatic rings. The summed E-state index contributed by atoms with van der Waals surface area (Å²) < 4.78 is 0. The summed E-state index contributed by atoms with van der Waals surface area (Å²) >= 11 is 0. The first kappa shape index (κ1) is 14.6. The molecule has 2 aliphatic heterocycles. The van der Waals surface area contributed by atoms with E-state index >= 15 is 0 Å². The van der Waals surface area contributed by atoms with Crippen LogP contribution >= 0.6 is 0 Å². The number of likely N-dealkylation sites (tertiary alicyclic amines) is 1. The number of rotatable bonds is 4. The van der Waals surface area contributed by atoms with Gasteiger partial charge in [-0.1, -0.05) is 0 Å². The second kappa shape index (κ2) is 7.07. The molecule has 0 saturated carbocycles. The third kappa shape index (κ3) is 3.84. The number of carbonyl (C=O) groups excluding carboxylic acids is 1. The molecule has 21 heavy (non-hydrogen) atoms. The molecule has 2 fully saturated rings. The van der Waals surface area contributed by atoms with E-state index in [-0.39, 0.29) is 0 Å². The molecule has 116 valence electrons. The van der Waals surface area contributed by atoms with Gasteiger partial charge in [0, 0.05) is 37.3 Å². The molecule has 0 atom stereocenters. The number of H-pyrrole nitrogens is 1. The van der Waals surface area contributed by atoms with E-state index in [9.17, 15) is 4.79 Å². The molecule has 5 heteroatoms. The molecule has 0 bridgehead atoms. The number of piperidine rings is 2. The lowest BCUT2D eigenvalue weighted by atomic mass is 9.91. The fourth-order valence-electron chi connectivity index (χ4n) is 3.59. The van der Waals surface area contributed by atoms with Crippen LogP contribution in [0.2, 0.25) is 0 Å². The Labute approximate surface area is 126 Å². The fourth-order valence-corrected chi connectivity index (χ4v) is 3.59. The Balaban J connectivity index is 1.40. The van der Waals surface area contributed by atoms with Crippen molar-refractivity contribution in [2.24, 2.45) is 5.92 Å². The van der Waals surface area contributed by atoms with Crippen molar-refractivity contribution >= 4 is 5.91 Å². The van der Waals surface area contributed by atoms with E-state index in [0.717, 1.165) is 57.8 Å². The van der Waals surface area contributed by atoms with Gasteiger partial charge in [-0.2, -0.15) is 5.10 Å². The van der Waals surface area contributed by atoms with Crippen LogP contribution in [-0.4, -0.2) is 47.2 Å². The number of hydrogen-bond donors (Lipinski definition) is 2. The van der Waals surface area contributed by atoms with Crippen LogP contribution in [0.15, 0.2) is 12.3 Å². The second-order valence-electron chi connectivity index (χ2n) is 6.40. The topological polar surface area (TPSA) is 61.0 Å². The summed E-state index contributed by atoms with van der Waals surface area (Å²) in [6, 6.07) is 2.05. The van der Waals surface area contributed by atoms with Gasteiger partial charge in [-0.15, -0.1) is 0 Å². The highest BCUT2D eigenvalue weighted by atomic mass is 16.2. The minimum atomic E-state index is 0.358. The van der Waals surface area contributed by atoms with E-state index in [1.165, 1.54) is 18.5 Å². The van der Waals surface area contributed by atoms with E-state index in [2.05, 4.69) is 26.5 Å². The van der Waals surface area contributed by atoms with E-state index in [1.54, 1.807) is 0 Å². The van der Waals surface area contributed by atoms with Crippen LogP contribution in [-0.2, 0) is 4.79 Å². The van der Waals surface area contributed by atoms with E-state index in [4.69, 9.17) is 0 Å². The molecule has 0 spiro atoms. The van der Waals surface area contributed by atoms with Crippen molar-refractivity contribution in [3.63, 3.8) is 0 Å². The predicted octanol–water partition coefficient (Wildman–Crippen LogP) is 1.90. The monoisotopic (exact) mass is 290 g/mol. The van der Waals surface area contributed by atoms with Crippen molar-refractivity contribution in [1.82, 2.24) is 20.4 Å². The number of hydrogen-bond acceptors (Lipinski definition) is 3. The summed E-state index contributed by atoms with van der Waals surface area (Å²) in [4.78, 5) is 14.4. The van der Waals surface area contributed by atoms with Gasteiger partial charge in [0.15, 0.2) is 0 Å². The maximum atomic E-state index is 12.3. The first-order valence-electron chi connectivity index (χ1n) is 8.30. The lowest BCUT2D eigenvalue weighted by Gasteiger charge is -2.32. The maximum absolute atomic E-state index is 12.3. The number of nitrogens with zero attached hydrogens (tertiary/aromatic N) is 2. The average molecular weight is 290 g/mol. The molecule has 0 radical (unpaired) electrons. The standard InChI is InChI=1S/C16H26N4O/c21-16(2-1-13-3-8-17-9-4-13)20-11-6-14(7-12-20)15-5-10-18-19-15/h5,10,13-14,17H,1-4,6-9,11-12H2,(H,18,19). The molecular formula is C16H26N4O. The normalized spacial score (nSPS) is 21.6. The van der Waals surface area contributed by atoms with Gasteiger partial charge in [-0.25, -0.2) is 0 Å². The second-order valence-corrected chi connectivity index (χ2v) is 6.40. The zero-order valence-electron chi connectivity index (χ0n) is 12.7. The molecule has 0 aliphatic carbocycles. The van der Waals surface area contributed by atoms with Gasteiger partial charge in [-0.3, -0.25) is 9.89 Å². The summed E-state index contributed by atoms with van der Waals surface area (Å²) in [5.74, 6) is 1.65. The van der Waals surface area contributed by atoms with E-state index in [1.807, 2.05) is 6.20 Å². The van der Waals surface area contributed by atoms with Crippen LogP contribution in [0.4, 0.5) is 0 Å². The Morgan fingerprint density at radius 3 is 2.67 bits per heavy atom. The third-order valence-corrected chi connectivity index (χ3v) is 5.03. The third-order valence-electron chi connectivity index (χ3n) is 5.03. The average Bonchev–Trinajstić information content (AvgIpc) is 3.08. The molecule has 0 unspecified atom stereocenters. The van der Waals surface area contributed by atoms with Crippen LogP contribution in [0, 0.1) is 5.92 Å². The van der Waals surface area contributed by atoms with Crippen molar-refractivity contribution in [2.45, 2.75) is 44.4 Å². The van der Waals surface area contributed by atoms with Gasteiger partial charge in [0.2, 0.25) is 5.91 Å². The van der Waals surface area contributed by atoms with Crippen molar-refractivity contribution in [3.8, 4) is 0 Å². The van der Waals surface area contributed by atoms with E-state index < -0.39 is 0 Å². The molecule has 5 nitrogen and oxygen atoms in total. The molecule has 2 saturated heterocycles. The minimum absolute atomic E-state index is 0.358. The van der Waals surface area contributed by atoms with Crippen LogP contribution in [0.5, 0.6) is 0 Å². The zero-order valence-corrected chi connectivity index (χ0v) is 12.7. The summed E-state index contributed by atoms with van der Waals surface area (Å²) in [6.45, 7) is 4.03. The first-order chi connectivity index (χ1) is 10.3. The van der Waals surface area contributed by atoms with Gasteiger partial charge in [-0.05, 0) is 57.2 Å². The zero-order chi connectivity index (χ0) is 14.5. The van der Waals surface area contributed by atoms with Crippen LogP contribution < -0.4 is 5.32 Å². The number of aromatic amines is 1. The number of carbonyl (C=O) groups is 1. The molecule has 1 amide bonds. The van der Waals surface area contributed by atoms with Crippen molar-refractivity contribution in [3.05, 3.63) is 18.0 Å². The lowest BCUT2D eigenvalue weighted by Crippen LogP contribution is -2.38. The molecular weight excluding hydrogens is 264 g/mol. The molecule has 0 aromatic carbocycles. The number of nitrogens with one attached hydrogen (secondary N) is 2. The Morgan fingerprint density at radius 1 is 1.24 bits per heavy atom. The van der Waals surface area contributed by atoms with Gasteiger partial charge < -0.3 is 10.2 Å². The van der Waals surface area contributed by atoms with Crippen LogP contribution in [0.3, 0.4) is 0 Å². The molecule has 3 rings (SSSR count). The quantitative estimate of drug-likeness (QED) is 0.890. The highest BCUT2D eigenvalue weighted by molar-refractivity contribution is 5.76. The van der Waals surface area contributed by atoms with Gasteiger partial charge in [0.1, 0.15) is 0 Å². The molecule has 1 aromatic heterocycles. The lowest BCUT2D eigenvalue weighted by molar-refractivity contribution is -0.132. The van der Waals surface area contributed by atoms with Gasteiger partial charge in [0.25, 0.3) is 0 Å². The SMILES string of the molecule is O=C(CCC1CCNCC1)N1CCC(c2ccn[nH]2)CC1. The van der Waals surface area contributed by atoms with Crippen molar-refractivity contribution in [2.75, 3.05) is 26.2 Å². The predicted molar refractivity (Wildman–Crippen MR) is 82.0 cm³/mol. The minimum Gasteiger partial charge on any atom is -0.343 e. The van der Waals surface area contributed by atoms with Crippen LogP contribution in [0.1, 0.15) is 50.1 Å². The van der Waals surface area contributed by atoms with Crippen molar-refractivity contribution < 1.29 is 4.79 Å². The molecule has 1 aromatic rings. The number of amides is 1. The Bertz CT molecular complexity index is 431. The maximum Gasteiger partial charge on any atom is 0.222 e. The molecule has 3 heterocycles. The smallest absolute Gasteiger partial charge is 0.222 e. The fraction of sp³-hybridized carbons (Fsp3) is 0.750. The highest BCUT2D eigenvalue weighted by Crippen LogP contribution is 2.27. The Kier molecular flexibility index (Phi) is 4.91. The highest BCUT2D eigenvalue weighted by Gasteiger charge is 2.25. The summed E-state index contributed by atoms with van der Waals surface area (Å²) in [5.41, 5.74) is 1.22. The molecule has 2 N–H and O–H groups in total. The first-order valence-corrected chi connectivity index (χ1v) is 8.30. The Hall–Kier alpha value is -1.36. The summed E-state index contributed by atoms with van der Waals surface area (Å²) in [5, 5.41) is 10.5. The largest absolute Gasteiger partial charge is 0.343 e. The number of aromatic nitrogens is 2. The van der Waals surface area contributed by atoms with Crippen molar-refractivity contribution in [1.29, 1.82) is 0 Å². The summed E-state index contributed by atoms with van der Waals surface area (Å²) in [6.07, 6.45) is 8.19. The van der Waals surface area contributed by atoms with Crippen LogP contribution in [0.25, 0.3) is 0 Å².